The third-order valence-electron chi connectivity index (χ3n) is 7.39. The van der Waals surface area contributed by atoms with Crippen molar-refractivity contribution >= 4 is 49.4 Å². The van der Waals surface area contributed by atoms with Gasteiger partial charge in [-0.1, -0.05) is 86.3 Å². The summed E-state index contributed by atoms with van der Waals surface area (Å²) < 4.78 is 7.21. The largest absolute Gasteiger partial charge is 0.370 e. The summed E-state index contributed by atoms with van der Waals surface area (Å²) in [5, 5.41) is 5.17. The number of amides is 1. The van der Waals surface area contributed by atoms with Crippen LogP contribution in [0.3, 0.4) is 0 Å². The number of fused-ring (bicyclic) bond motifs is 5. The fraction of sp³-hybridized carbons (Fsp3) is 0.333. The second-order valence-electron chi connectivity index (χ2n) is 11.6. The van der Waals surface area contributed by atoms with E-state index in [9.17, 15) is 4.79 Å². The van der Waals surface area contributed by atoms with Crippen LogP contribution in [0.4, 0.5) is 0 Å². The SMILES string of the molecule is CC(C)Cc1nc2sc3c(SCC(=O)NC(c4ccccc4)c4ccccc4)ncnc3c2c2c1COC(C)(C)C2. The highest BCUT2D eigenvalue weighted by atomic mass is 32.2. The van der Waals surface area contributed by atoms with Gasteiger partial charge in [-0.05, 0) is 42.9 Å². The number of ether oxygens (including phenoxy) is 1. The van der Waals surface area contributed by atoms with Crippen molar-refractivity contribution in [2.75, 3.05) is 5.75 Å². The van der Waals surface area contributed by atoms with Crippen molar-refractivity contribution in [2.45, 2.75) is 63.8 Å². The molecule has 1 aliphatic heterocycles. The van der Waals surface area contributed by atoms with E-state index in [2.05, 4.69) is 38.0 Å². The second kappa shape index (κ2) is 11.5. The molecule has 5 aromatic rings. The van der Waals surface area contributed by atoms with Gasteiger partial charge in [-0.15, -0.1) is 11.3 Å². The van der Waals surface area contributed by atoms with E-state index in [0.29, 0.717) is 12.5 Å². The highest BCUT2D eigenvalue weighted by Crippen LogP contribution is 2.43. The first kappa shape index (κ1) is 27.8. The summed E-state index contributed by atoms with van der Waals surface area (Å²) in [6.45, 7) is 9.31. The van der Waals surface area contributed by atoms with Gasteiger partial charge in [0.05, 0.1) is 34.2 Å². The highest BCUT2D eigenvalue weighted by Gasteiger charge is 2.32. The summed E-state index contributed by atoms with van der Waals surface area (Å²) in [6.07, 6.45) is 3.34. The number of thioether (sulfide) groups is 1. The Labute approximate surface area is 249 Å². The lowest BCUT2D eigenvalue weighted by Crippen LogP contribution is -2.33. The molecule has 8 heteroatoms. The monoisotopic (exact) mass is 582 g/mol. The van der Waals surface area contributed by atoms with Gasteiger partial charge in [0.25, 0.3) is 0 Å². The zero-order chi connectivity index (χ0) is 28.6. The Bertz CT molecular complexity index is 1660. The molecular formula is C33H34N4O2S2. The van der Waals surface area contributed by atoms with Gasteiger partial charge in [0.15, 0.2) is 0 Å². The number of rotatable bonds is 8. The topological polar surface area (TPSA) is 77.0 Å². The number of carbonyl (C=O) groups is 1. The van der Waals surface area contributed by atoms with Crippen LogP contribution in [0.2, 0.25) is 0 Å². The van der Waals surface area contributed by atoms with Gasteiger partial charge in [0.2, 0.25) is 5.91 Å². The minimum Gasteiger partial charge on any atom is -0.370 e. The fourth-order valence-electron chi connectivity index (χ4n) is 5.50. The van der Waals surface area contributed by atoms with E-state index in [1.54, 1.807) is 17.7 Å². The summed E-state index contributed by atoms with van der Waals surface area (Å²) >= 11 is 3.08. The Morgan fingerprint density at radius 3 is 2.37 bits per heavy atom. The Hall–Kier alpha value is -3.33. The summed E-state index contributed by atoms with van der Waals surface area (Å²) in [4.78, 5) is 28.8. The predicted molar refractivity (Wildman–Crippen MR) is 167 cm³/mol. The van der Waals surface area contributed by atoms with Gasteiger partial charge in [-0.3, -0.25) is 4.79 Å². The van der Waals surface area contributed by atoms with Crippen LogP contribution < -0.4 is 5.32 Å². The van der Waals surface area contributed by atoms with E-state index in [-0.39, 0.29) is 23.3 Å². The molecule has 6 rings (SSSR count). The maximum atomic E-state index is 13.3. The van der Waals surface area contributed by atoms with Crippen molar-refractivity contribution in [3.8, 4) is 0 Å². The Morgan fingerprint density at radius 1 is 1.02 bits per heavy atom. The van der Waals surface area contributed by atoms with Crippen molar-refractivity contribution in [3.05, 3.63) is 94.9 Å². The van der Waals surface area contributed by atoms with Crippen molar-refractivity contribution in [2.24, 2.45) is 5.92 Å². The lowest BCUT2D eigenvalue weighted by atomic mass is 9.88. The molecule has 0 atom stereocenters. The molecule has 0 saturated heterocycles. The molecule has 1 N–H and O–H groups in total. The fourth-order valence-corrected chi connectivity index (χ4v) is 7.56. The molecule has 6 nitrogen and oxygen atoms in total. The summed E-state index contributed by atoms with van der Waals surface area (Å²) in [7, 11) is 0. The van der Waals surface area contributed by atoms with Gasteiger partial charge >= 0.3 is 0 Å². The first-order valence-corrected chi connectivity index (χ1v) is 15.8. The second-order valence-corrected chi connectivity index (χ2v) is 13.6. The molecule has 2 aromatic carbocycles. The molecule has 0 aliphatic carbocycles. The first-order chi connectivity index (χ1) is 19.8. The number of aromatic nitrogens is 3. The van der Waals surface area contributed by atoms with Crippen LogP contribution in [0.5, 0.6) is 0 Å². The van der Waals surface area contributed by atoms with E-state index < -0.39 is 0 Å². The number of carbonyl (C=O) groups excluding carboxylic acids is 1. The molecular weight excluding hydrogens is 549 g/mol. The minimum absolute atomic E-state index is 0.0470. The third-order valence-corrected chi connectivity index (χ3v) is 9.59. The van der Waals surface area contributed by atoms with Gasteiger partial charge in [-0.25, -0.2) is 15.0 Å². The zero-order valence-electron chi connectivity index (χ0n) is 23.8. The third kappa shape index (κ3) is 5.87. The average Bonchev–Trinajstić information content (AvgIpc) is 3.34. The van der Waals surface area contributed by atoms with Gasteiger partial charge in [-0.2, -0.15) is 0 Å². The molecule has 0 fully saturated rings. The molecule has 0 radical (unpaired) electrons. The number of pyridine rings is 1. The number of nitrogens with zero attached hydrogens (tertiary/aromatic N) is 3. The molecule has 1 amide bonds. The summed E-state index contributed by atoms with van der Waals surface area (Å²) in [5.74, 6) is 0.698. The van der Waals surface area contributed by atoms with Crippen molar-refractivity contribution in [1.29, 1.82) is 0 Å². The van der Waals surface area contributed by atoms with Crippen LogP contribution in [0.25, 0.3) is 20.4 Å². The lowest BCUT2D eigenvalue weighted by molar-refractivity contribution is -0.119. The van der Waals surface area contributed by atoms with Gasteiger partial charge in [0.1, 0.15) is 16.2 Å². The standard InChI is InChI=1S/C33H34N4O2S2/c1-20(2)15-25-24-17-39-33(3,4)16-23(24)27-29-30(41-31(27)36-25)32(35-19-34-29)40-18-26(38)37-28(21-11-7-5-8-12-21)22-13-9-6-10-14-22/h5-14,19-20,28H,15-18H2,1-4H3,(H,37,38). The molecule has 0 saturated carbocycles. The van der Waals surface area contributed by atoms with Crippen LogP contribution in [-0.4, -0.2) is 32.2 Å². The van der Waals surface area contributed by atoms with Crippen LogP contribution in [0.1, 0.15) is 61.7 Å². The van der Waals surface area contributed by atoms with E-state index in [1.165, 1.54) is 22.9 Å². The van der Waals surface area contributed by atoms with E-state index in [1.807, 2.05) is 60.7 Å². The smallest absolute Gasteiger partial charge is 0.231 e. The van der Waals surface area contributed by atoms with E-state index in [0.717, 1.165) is 55.1 Å². The van der Waals surface area contributed by atoms with Gasteiger partial charge in [0, 0.05) is 23.1 Å². The quantitative estimate of drug-likeness (QED) is 0.153. The average molecular weight is 583 g/mol. The molecule has 0 spiro atoms. The van der Waals surface area contributed by atoms with Crippen LogP contribution in [-0.2, 0) is 29.0 Å². The Balaban J connectivity index is 1.31. The van der Waals surface area contributed by atoms with Gasteiger partial charge < -0.3 is 10.1 Å². The zero-order valence-corrected chi connectivity index (χ0v) is 25.4. The molecule has 0 bridgehead atoms. The first-order valence-electron chi connectivity index (χ1n) is 14.0. The van der Waals surface area contributed by atoms with Crippen molar-refractivity contribution in [3.63, 3.8) is 0 Å². The normalized spacial score (nSPS) is 14.6. The van der Waals surface area contributed by atoms with E-state index in [4.69, 9.17) is 14.7 Å². The summed E-state index contributed by atoms with van der Waals surface area (Å²) in [5.41, 5.74) is 6.41. The molecule has 0 unspecified atom stereocenters. The Morgan fingerprint density at radius 2 is 1.71 bits per heavy atom. The molecule has 1 aliphatic rings. The minimum atomic E-state index is -0.249. The maximum absolute atomic E-state index is 13.3. The number of hydrogen-bond acceptors (Lipinski definition) is 7. The number of nitrogens with one attached hydrogen (secondary N) is 1. The van der Waals surface area contributed by atoms with Crippen molar-refractivity contribution < 1.29 is 9.53 Å². The van der Waals surface area contributed by atoms with Crippen molar-refractivity contribution in [1.82, 2.24) is 20.3 Å². The maximum Gasteiger partial charge on any atom is 0.231 e. The molecule has 3 aromatic heterocycles. The number of hydrogen-bond donors (Lipinski definition) is 1. The highest BCUT2D eigenvalue weighted by molar-refractivity contribution is 8.00. The molecule has 4 heterocycles. The van der Waals surface area contributed by atoms with Crippen LogP contribution >= 0.6 is 23.1 Å². The molecule has 210 valence electrons. The lowest BCUT2D eigenvalue weighted by Gasteiger charge is -2.33. The summed E-state index contributed by atoms with van der Waals surface area (Å²) in [6, 6.07) is 19.9. The van der Waals surface area contributed by atoms with Crippen LogP contribution in [0, 0.1) is 5.92 Å². The predicted octanol–water partition coefficient (Wildman–Crippen LogP) is 7.29. The Kier molecular flexibility index (Phi) is 7.81. The molecule has 41 heavy (non-hydrogen) atoms. The van der Waals surface area contributed by atoms with E-state index >= 15 is 0 Å². The number of thiophene rings is 1. The number of benzene rings is 2. The van der Waals surface area contributed by atoms with Crippen LogP contribution in [0.15, 0.2) is 72.0 Å².